The molecular weight excluding hydrogens is 350 g/mol. The molecule has 0 aliphatic carbocycles. The van der Waals surface area contributed by atoms with Gasteiger partial charge in [0.05, 0.1) is 0 Å². The number of carboxylic acids is 1. The fourth-order valence-electron chi connectivity index (χ4n) is 2.75. The van der Waals surface area contributed by atoms with Crippen LogP contribution in [0.2, 0.25) is 0 Å². The Morgan fingerprint density at radius 1 is 1.04 bits per heavy atom. The van der Waals surface area contributed by atoms with E-state index in [1.165, 1.54) is 38.1 Å². The number of carbonyl (C=O) groups is 4. The first kappa shape index (κ1) is 19.9. The second-order valence-corrected chi connectivity index (χ2v) is 6.25. The lowest BCUT2D eigenvalue weighted by atomic mass is 10.1. The molecule has 8 heteroatoms. The molecule has 4 N–H and O–H groups in total. The number of hydrogen-bond donors (Lipinski definition) is 4. The smallest absolute Gasteiger partial charge is 0.325 e. The minimum Gasteiger partial charge on any atom is -0.480 e. The molecule has 0 aliphatic rings. The number of amides is 2. The van der Waals surface area contributed by atoms with Crippen molar-refractivity contribution in [1.82, 2.24) is 10.3 Å². The van der Waals surface area contributed by atoms with Gasteiger partial charge in [0.1, 0.15) is 11.7 Å². The number of benzene rings is 1. The van der Waals surface area contributed by atoms with Gasteiger partial charge >= 0.3 is 5.97 Å². The molecule has 1 atom stereocenters. The van der Waals surface area contributed by atoms with Crippen molar-refractivity contribution in [3.05, 3.63) is 52.3 Å². The quantitative estimate of drug-likeness (QED) is 0.579. The number of rotatable bonds is 6. The van der Waals surface area contributed by atoms with E-state index in [0.29, 0.717) is 28.2 Å². The van der Waals surface area contributed by atoms with Gasteiger partial charge in [0.15, 0.2) is 5.78 Å². The molecule has 0 saturated heterocycles. The van der Waals surface area contributed by atoms with Crippen molar-refractivity contribution in [2.75, 3.05) is 5.32 Å². The van der Waals surface area contributed by atoms with Crippen LogP contribution in [0.25, 0.3) is 0 Å². The fraction of sp³-hybridized carbons (Fsp3) is 0.263. The molecule has 2 amide bonds. The maximum absolute atomic E-state index is 12.5. The van der Waals surface area contributed by atoms with E-state index >= 15 is 0 Å². The number of H-pyrrole nitrogens is 1. The zero-order valence-corrected chi connectivity index (χ0v) is 15.5. The van der Waals surface area contributed by atoms with Gasteiger partial charge in [-0.1, -0.05) is 0 Å². The Morgan fingerprint density at radius 3 is 2.11 bits per heavy atom. The lowest BCUT2D eigenvalue weighted by molar-refractivity contribution is -0.138. The Bertz CT molecular complexity index is 912. The number of Topliss-reactive ketones (excluding diaryl/α,β-unsaturated/α-hetero) is 1. The van der Waals surface area contributed by atoms with Gasteiger partial charge in [0.25, 0.3) is 11.8 Å². The highest BCUT2D eigenvalue weighted by Crippen LogP contribution is 2.20. The maximum atomic E-state index is 12.5. The summed E-state index contributed by atoms with van der Waals surface area (Å²) in [7, 11) is 0. The molecule has 8 nitrogen and oxygen atoms in total. The number of aliphatic carboxylic acids is 1. The van der Waals surface area contributed by atoms with Crippen molar-refractivity contribution in [2.45, 2.75) is 33.7 Å². The minimum atomic E-state index is -1.13. The second kappa shape index (κ2) is 7.86. The first-order chi connectivity index (χ1) is 12.6. The highest BCUT2D eigenvalue weighted by Gasteiger charge is 2.20. The summed E-state index contributed by atoms with van der Waals surface area (Å²) in [5.74, 6) is -2.18. The summed E-state index contributed by atoms with van der Waals surface area (Å²) in [5.41, 5.74) is 2.74. The van der Waals surface area contributed by atoms with E-state index < -0.39 is 23.8 Å². The summed E-state index contributed by atoms with van der Waals surface area (Å²) in [4.78, 5) is 49.8. The number of aromatic nitrogens is 1. The molecule has 0 saturated carbocycles. The van der Waals surface area contributed by atoms with Gasteiger partial charge in [-0.3, -0.25) is 19.2 Å². The Balaban J connectivity index is 2.12. The van der Waals surface area contributed by atoms with Crippen LogP contribution >= 0.6 is 0 Å². The number of carboxylic acid groups (broad SMARTS) is 1. The van der Waals surface area contributed by atoms with Crippen molar-refractivity contribution in [2.24, 2.45) is 0 Å². The molecule has 1 heterocycles. The standard InChI is InChI=1S/C19H21N3O5/c1-9-15(12(4)23)10(2)20-16(9)18(25)22-14-7-5-13(6-8-14)17(24)21-11(3)19(26)27/h5-8,11,20H,1-4H3,(H,21,24)(H,22,25)(H,26,27). The molecule has 1 aromatic heterocycles. The molecular formula is C19H21N3O5. The van der Waals surface area contributed by atoms with Crippen molar-refractivity contribution in [3.8, 4) is 0 Å². The molecule has 0 fully saturated rings. The highest BCUT2D eigenvalue weighted by molar-refractivity contribution is 6.07. The predicted molar refractivity (Wildman–Crippen MR) is 99.2 cm³/mol. The average molecular weight is 371 g/mol. The third kappa shape index (κ3) is 4.41. The van der Waals surface area contributed by atoms with Gasteiger partial charge in [0, 0.05) is 22.5 Å². The van der Waals surface area contributed by atoms with Crippen LogP contribution in [0.4, 0.5) is 5.69 Å². The van der Waals surface area contributed by atoms with Crippen LogP contribution in [0.1, 0.15) is 56.3 Å². The summed E-state index contributed by atoms with van der Waals surface area (Å²) in [6, 6.07) is 5.02. The third-order valence-corrected chi connectivity index (χ3v) is 4.14. The summed E-state index contributed by atoms with van der Waals surface area (Å²) in [5, 5.41) is 13.9. The average Bonchev–Trinajstić information content (AvgIpc) is 2.89. The van der Waals surface area contributed by atoms with Gasteiger partial charge in [-0.15, -0.1) is 0 Å². The SMILES string of the molecule is CC(=O)c1c(C)[nH]c(C(=O)Nc2ccc(C(=O)NC(C)C(=O)O)cc2)c1C. The summed E-state index contributed by atoms with van der Waals surface area (Å²) < 4.78 is 0. The zero-order chi connectivity index (χ0) is 20.3. The van der Waals surface area contributed by atoms with Crippen LogP contribution in [-0.4, -0.2) is 39.7 Å². The van der Waals surface area contributed by atoms with Crippen LogP contribution in [0.3, 0.4) is 0 Å². The van der Waals surface area contributed by atoms with E-state index in [1.807, 2.05) is 0 Å². The Morgan fingerprint density at radius 2 is 1.63 bits per heavy atom. The number of aromatic amines is 1. The highest BCUT2D eigenvalue weighted by atomic mass is 16.4. The van der Waals surface area contributed by atoms with Crippen LogP contribution < -0.4 is 10.6 Å². The van der Waals surface area contributed by atoms with Crippen molar-refractivity contribution >= 4 is 29.3 Å². The Kier molecular flexibility index (Phi) is 5.79. The van der Waals surface area contributed by atoms with Crippen LogP contribution in [-0.2, 0) is 4.79 Å². The summed E-state index contributed by atoms with van der Waals surface area (Å²) in [6.45, 7) is 6.24. The van der Waals surface area contributed by atoms with Gasteiger partial charge in [-0.05, 0) is 57.5 Å². The number of ketones is 1. The lowest BCUT2D eigenvalue weighted by Gasteiger charge is -2.10. The van der Waals surface area contributed by atoms with Crippen LogP contribution in [0, 0.1) is 13.8 Å². The van der Waals surface area contributed by atoms with E-state index in [9.17, 15) is 19.2 Å². The number of nitrogens with one attached hydrogen (secondary N) is 3. The van der Waals surface area contributed by atoms with E-state index in [1.54, 1.807) is 13.8 Å². The van der Waals surface area contributed by atoms with Crippen molar-refractivity contribution in [3.63, 3.8) is 0 Å². The molecule has 2 aromatic rings. The molecule has 0 bridgehead atoms. The molecule has 142 valence electrons. The van der Waals surface area contributed by atoms with Gasteiger partial charge in [0.2, 0.25) is 0 Å². The molecule has 2 rings (SSSR count). The second-order valence-electron chi connectivity index (χ2n) is 6.25. The molecule has 27 heavy (non-hydrogen) atoms. The lowest BCUT2D eigenvalue weighted by Crippen LogP contribution is -2.38. The van der Waals surface area contributed by atoms with Gasteiger partial charge in [-0.25, -0.2) is 0 Å². The Labute approximate surface area is 156 Å². The third-order valence-electron chi connectivity index (χ3n) is 4.14. The largest absolute Gasteiger partial charge is 0.480 e. The van der Waals surface area contributed by atoms with E-state index in [0.717, 1.165) is 0 Å². The van der Waals surface area contributed by atoms with Crippen molar-refractivity contribution in [1.29, 1.82) is 0 Å². The topological polar surface area (TPSA) is 128 Å². The first-order valence-corrected chi connectivity index (χ1v) is 8.27. The van der Waals surface area contributed by atoms with Crippen LogP contribution in [0.15, 0.2) is 24.3 Å². The monoisotopic (exact) mass is 371 g/mol. The van der Waals surface area contributed by atoms with E-state index in [-0.39, 0.29) is 11.3 Å². The Hall–Kier alpha value is -3.42. The normalized spacial score (nSPS) is 11.6. The maximum Gasteiger partial charge on any atom is 0.325 e. The number of anilines is 1. The van der Waals surface area contributed by atoms with Gasteiger partial charge < -0.3 is 20.7 Å². The fourth-order valence-corrected chi connectivity index (χ4v) is 2.75. The number of aryl methyl sites for hydroxylation is 1. The van der Waals surface area contributed by atoms with Crippen LogP contribution in [0.5, 0.6) is 0 Å². The zero-order valence-electron chi connectivity index (χ0n) is 15.5. The van der Waals surface area contributed by atoms with E-state index in [2.05, 4.69) is 15.6 Å². The molecule has 0 radical (unpaired) electrons. The summed E-state index contributed by atoms with van der Waals surface area (Å²) >= 11 is 0. The van der Waals surface area contributed by atoms with Crippen molar-refractivity contribution < 1.29 is 24.3 Å². The minimum absolute atomic E-state index is 0.119. The number of hydrogen-bond acceptors (Lipinski definition) is 4. The molecule has 1 unspecified atom stereocenters. The molecule has 0 aliphatic heterocycles. The van der Waals surface area contributed by atoms with E-state index in [4.69, 9.17) is 5.11 Å². The predicted octanol–water partition coefficient (Wildman–Crippen LogP) is 2.29. The summed E-state index contributed by atoms with van der Waals surface area (Å²) in [6.07, 6.45) is 0. The molecule has 0 spiro atoms. The molecule has 1 aromatic carbocycles. The first-order valence-electron chi connectivity index (χ1n) is 8.27. The number of carbonyl (C=O) groups excluding carboxylic acids is 3. The van der Waals surface area contributed by atoms with Gasteiger partial charge in [-0.2, -0.15) is 0 Å².